The molecule has 0 atom stereocenters. The molecule has 0 spiro atoms. The van der Waals surface area contributed by atoms with Gasteiger partial charge in [0.2, 0.25) is 5.91 Å². The number of hydrogen-bond donors (Lipinski definition) is 1. The van der Waals surface area contributed by atoms with Crippen LogP contribution in [0.4, 0.5) is 0 Å². The van der Waals surface area contributed by atoms with E-state index >= 15 is 0 Å². The predicted octanol–water partition coefficient (Wildman–Crippen LogP) is 3.48. The minimum absolute atomic E-state index is 0.0632. The number of benzene rings is 1. The van der Waals surface area contributed by atoms with E-state index < -0.39 is 0 Å². The number of hydrogen-bond acceptors (Lipinski definition) is 5. The maximum atomic E-state index is 12.7. The summed E-state index contributed by atoms with van der Waals surface area (Å²) < 4.78 is 7.13. The van der Waals surface area contributed by atoms with Crippen molar-refractivity contribution in [3.63, 3.8) is 0 Å². The van der Waals surface area contributed by atoms with Crippen LogP contribution >= 0.6 is 11.8 Å². The molecule has 0 fully saturated rings. The third-order valence-corrected chi connectivity index (χ3v) is 6.31. The number of amides is 1. The first-order valence-corrected chi connectivity index (χ1v) is 11.2. The highest BCUT2D eigenvalue weighted by atomic mass is 32.2. The third-order valence-electron chi connectivity index (χ3n) is 5.30. The van der Waals surface area contributed by atoms with Crippen LogP contribution in [0.1, 0.15) is 41.0 Å². The molecule has 0 aliphatic heterocycles. The van der Waals surface area contributed by atoms with Gasteiger partial charge in [-0.15, -0.1) is 0 Å². The fraction of sp³-hybridized carbons (Fsp3) is 0.348. The topological polar surface area (TPSA) is 77.1 Å². The van der Waals surface area contributed by atoms with Gasteiger partial charge in [0.15, 0.2) is 0 Å². The van der Waals surface area contributed by atoms with E-state index in [0.29, 0.717) is 18.1 Å². The van der Waals surface area contributed by atoms with Crippen LogP contribution < -0.4 is 11.0 Å². The van der Waals surface area contributed by atoms with Crippen LogP contribution in [0.2, 0.25) is 0 Å². The van der Waals surface area contributed by atoms with Gasteiger partial charge in [-0.1, -0.05) is 41.6 Å². The molecule has 1 N–H and O–H groups in total. The quantitative estimate of drug-likeness (QED) is 0.465. The molecule has 1 aromatic carbocycles. The van der Waals surface area contributed by atoms with Crippen LogP contribution in [-0.4, -0.2) is 21.2 Å². The number of aromatic nitrogens is 2. The largest absolute Gasteiger partial charge is 0.467 e. The van der Waals surface area contributed by atoms with Crippen LogP contribution in [0.3, 0.4) is 0 Å². The number of thioether (sulfide) groups is 1. The van der Waals surface area contributed by atoms with Crippen molar-refractivity contribution in [3.8, 4) is 0 Å². The Labute approximate surface area is 179 Å². The molecule has 1 aliphatic rings. The minimum Gasteiger partial charge on any atom is -0.467 e. The lowest BCUT2D eigenvalue weighted by Gasteiger charge is -2.22. The molecule has 30 heavy (non-hydrogen) atoms. The highest BCUT2D eigenvalue weighted by Crippen LogP contribution is 2.28. The molecule has 2 heterocycles. The second kappa shape index (κ2) is 9.34. The monoisotopic (exact) mass is 423 g/mol. The molecule has 156 valence electrons. The van der Waals surface area contributed by atoms with E-state index in [1.165, 1.54) is 17.3 Å². The summed E-state index contributed by atoms with van der Waals surface area (Å²) in [5, 5.41) is 3.63. The van der Waals surface area contributed by atoms with E-state index in [1.54, 1.807) is 10.8 Å². The van der Waals surface area contributed by atoms with Crippen molar-refractivity contribution in [2.24, 2.45) is 0 Å². The van der Waals surface area contributed by atoms with Crippen LogP contribution in [-0.2, 0) is 30.7 Å². The number of nitrogens with one attached hydrogen (secondary N) is 1. The first-order valence-electron chi connectivity index (χ1n) is 10.2. The van der Waals surface area contributed by atoms with Gasteiger partial charge in [-0.2, -0.15) is 4.98 Å². The van der Waals surface area contributed by atoms with Crippen LogP contribution in [0.5, 0.6) is 0 Å². The van der Waals surface area contributed by atoms with Gasteiger partial charge in [0.25, 0.3) is 0 Å². The van der Waals surface area contributed by atoms with Gasteiger partial charge < -0.3 is 9.73 Å². The normalized spacial score (nSPS) is 13.1. The van der Waals surface area contributed by atoms with Crippen molar-refractivity contribution in [1.82, 2.24) is 14.9 Å². The summed E-state index contributed by atoms with van der Waals surface area (Å²) in [6, 6.07) is 11.8. The Kier molecular flexibility index (Phi) is 6.38. The summed E-state index contributed by atoms with van der Waals surface area (Å²) in [7, 11) is 0. The van der Waals surface area contributed by atoms with E-state index in [-0.39, 0.29) is 17.3 Å². The average molecular weight is 424 g/mol. The average Bonchev–Trinajstić information content (AvgIpc) is 3.27. The number of furan rings is 1. The van der Waals surface area contributed by atoms with Crippen molar-refractivity contribution in [2.75, 3.05) is 5.75 Å². The third kappa shape index (κ3) is 4.84. The molecule has 0 bridgehead atoms. The zero-order chi connectivity index (χ0) is 20.9. The Morgan fingerprint density at radius 3 is 2.77 bits per heavy atom. The van der Waals surface area contributed by atoms with E-state index in [2.05, 4.69) is 10.3 Å². The summed E-state index contributed by atoms with van der Waals surface area (Å²) in [5.41, 5.74) is 4.10. The lowest BCUT2D eigenvalue weighted by atomic mass is 9.97. The van der Waals surface area contributed by atoms with E-state index in [9.17, 15) is 9.59 Å². The first kappa shape index (κ1) is 20.5. The number of carbonyl (C=O) groups excluding carboxylic acids is 1. The van der Waals surface area contributed by atoms with Gasteiger partial charge in [-0.05, 0) is 50.3 Å². The Morgan fingerprint density at radius 1 is 1.20 bits per heavy atom. The van der Waals surface area contributed by atoms with Gasteiger partial charge in [-0.3, -0.25) is 9.36 Å². The van der Waals surface area contributed by atoms with Gasteiger partial charge >= 0.3 is 5.69 Å². The fourth-order valence-electron chi connectivity index (χ4n) is 3.68. The number of nitrogens with zero attached hydrogens (tertiary/aromatic N) is 2. The highest BCUT2D eigenvalue weighted by molar-refractivity contribution is 7.99. The number of aryl methyl sites for hydroxylation is 1. The second-order valence-corrected chi connectivity index (χ2v) is 8.51. The molecular weight excluding hydrogens is 398 g/mol. The molecule has 4 rings (SSSR count). The SMILES string of the molecule is Cc1ccc(CNC(=O)CSc2nc(=O)n(Cc3ccco3)c3c2CCCC3)cc1. The Bertz CT molecular complexity index is 1070. The van der Waals surface area contributed by atoms with Crippen LogP contribution in [0, 0.1) is 6.92 Å². The molecular formula is C23H25N3O3S. The summed E-state index contributed by atoms with van der Waals surface area (Å²) >= 11 is 1.35. The number of rotatable bonds is 7. The summed E-state index contributed by atoms with van der Waals surface area (Å²) in [6.45, 7) is 2.92. The molecule has 1 amide bonds. The molecule has 0 radical (unpaired) electrons. The van der Waals surface area contributed by atoms with Crippen molar-refractivity contribution >= 4 is 17.7 Å². The minimum atomic E-state index is -0.283. The predicted molar refractivity (Wildman–Crippen MR) is 117 cm³/mol. The molecule has 2 aromatic heterocycles. The fourth-order valence-corrected chi connectivity index (χ4v) is 4.59. The van der Waals surface area contributed by atoms with E-state index in [0.717, 1.165) is 48.3 Å². The van der Waals surface area contributed by atoms with Crippen LogP contribution in [0.15, 0.2) is 56.9 Å². The van der Waals surface area contributed by atoms with E-state index in [1.807, 2.05) is 43.3 Å². The highest BCUT2D eigenvalue weighted by Gasteiger charge is 2.21. The Morgan fingerprint density at radius 2 is 2.00 bits per heavy atom. The summed E-state index contributed by atoms with van der Waals surface area (Å²) in [4.78, 5) is 29.4. The lowest BCUT2D eigenvalue weighted by Crippen LogP contribution is -2.31. The van der Waals surface area contributed by atoms with Gasteiger partial charge in [-0.25, -0.2) is 4.79 Å². The zero-order valence-electron chi connectivity index (χ0n) is 17.0. The molecule has 0 unspecified atom stereocenters. The Balaban J connectivity index is 1.44. The summed E-state index contributed by atoms with van der Waals surface area (Å²) in [6.07, 6.45) is 5.46. The van der Waals surface area contributed by atoms with Crippen LogP contribution in [0.25, 0.3) is 0 Å². The zero-order valence-corrected chi connectivity index (χ0v) is 17.8. The smallest absolute Gasteiger partial charge is 0.349 e. The second-order valence-electron chi connectivity index (χ2n) is 7.55. The summed E-state index contributed by atoms with van der Waals surface area (Å²) in [5.74, 6) is 0.918. The standard InChI is InChI=1S/C23H25N3O3S/c1-16-8-10-17(11-9-16)13-24-21(27)15-30-22-19-6-2-3-7-20(19)26(23(28)25-22)14-18-5-4-12-29-18/h4-5,8-12H,2-3,6-7,13-15H2,1H3,(H,24,27). The van der Waals surface area contributed by atoms with Crippen molar-refractivity contribution in [2.45, 2.75) is 50.7 Å². The molecule has 7 heteroatoms. The molecule has 6 nitrogen and oxygen atoms in total. The molecule has 0 saturated carbocycles. The lowest BCUT2D eigenvalue weighted by molar-refractivity contribution is -0.118. The molecule has 1 aliphatic carbocycles. The van der Waals surface area contributed by atoms with Gasteiger partial charge in [0.05, 0.1) is 18.6 Å². The number of fused-ring (bicyclic) bond motifs is 1. The van der Waals surface area contributed by atoms with Crippen molar-refractivity contribution in [3.05, 3.63) is 81.3 Å². The van der Waals surface area contributed by atoms with E-state index in [4.69, 9.17) is 4.42 Å². The first-order chi connectivity index (χ1) is 14.6. The Hall–Kier alpha value is -2.80. The van der Waals surface area contributed by atoms with Crippen molar-refractivity contribution < 1.29 is 9.21 Å². The molecule has 0 saturated heterocycles. The molecule has 3 aromatic rings. The maximum absolute atomic E-state index is 12.7. The number of carbonyl (C=O) groups is 1. The van der Waals surface area contributed by atoms with Gasteiger partial charge in [0, 0.05) is 17.8 Å². The maximum Gasteiger partial charge on any atom is 0.349 e. The van der Waals surface area contributed by atoms with Gasteiger partial charge in [0.1, 0.15) is 10.8 Å². The van der Waals surface area contributed by atoms with Crippen molar-refractivity contribution in [1.29, 1.82) is 0 Å².